The summed E-state index contributed by atoms with van der Waals surface area (Å²) in [5.74, 6) is -0.349. The molecule has 2 heterocycles. The minimum Gasteiger partial charge on any atom is -0.322 e. The minimum atomic E-state index is -0.349. The molecule has 0 unspecified atom stereocenters. The van der Waals surface area contributed by atoms with Crippen molar-refractivity contribution in [1.82, 2.24) is 14.5 Å². The summed E-state index contributed by atoms with van der Waals surface area (Å²) in [5, 5.41) is 12.1. The first-order chi connectivity index (χ1) is 13.4. The second-order valence-electron chi connectivity index (χ2n) is 6.76. The van der Waals surface area contributed by atoms with Crippen molar-refractivity contribution in [3.05, 3.63) is 57.0 Å². The maximum Gasteiger partial charge on any atom is 0.262 e. The predicted molar refractivity (Wildman–Crippen MR) is 111 cm³/mol. The number of nitrogens with one attached hydrogen (secondary N) is 1. The van der Waals surface area contributed by atoms with Crippen molar-refractivity contribution in [2.75, 3.05) is 26.0 Å². The van der Waals surface area contributed by atoms with Crippen LogP contribution in [0.5, 0.6) is 0 Å². The fourth-order valence-corrected chi connectivity index (χ4v) is 3.93. The second kappa shape index (κ2) is 8.33. The Labute approximate surface area is 166 Å². The number of benzene rings is 1. The molecule has 0 aliphatic carbocycles. The highest BCUT2D eigenvalue weighted by atomic mass is 32.1. The molecule has 0 bridgehead atoms. The number of thiophene rings is 1. The highest BCUT2D eigenvalue weighted by Gasteiger charge is 2.21. The number of nitriles is 1. The molecule has 0 atom stereocenters. The van der Waals surface area contributed by atoms with E-state index in [1.807, 2.05) is 27.1 Å². The van der Waals surface area contributed by atoms with E-state index in [0.717, 1.165) is 17.8 Å². The van der Waals surface area contributed by atoms with Gasteiger partial charge < -0.3 is 10.2 Å². The van der Waals surface area contributed by atoms with Gasteiger partial charge in [-0.2, -0.15) is 5.26 Å². The van der Waals surface area contributed by atoms with E-state index in [4.69, 9.17) is 5.26 Å². The van der Waals surface area contributed by atoms with Crippen LogP contribution >= 0.6 is 11.3 Å². The Hall–Kier alpha value is -3.02. The highest BCUT2D eigenvalue weighted by molar-refractivity contribution is 7.19. The van der Waals surface area contributed by atoms with Crippen molar-refractivity contribution in [2.24, 2.45) is 0 Å². The second-order valence-corrected chi connectivity index (χ2v) is 7.96. The van der Waals surface area contributed by atoms with Gasteiger partial charge in [0.1, 0.15) is 4.83 Å². The number of aromatic nitrogens is 2. The van der Waals surface area contributed by atoms with Crippen LogP contribution in [0.4, 0.5) is 5.69 Å². The Morgan fingerprint density at radius 3 is 2.68 bits per heavy atom. The Balaban J connectivity index is 1.93. The van der Waals surface area contributed by atoms with Crippen molar-refractivity contribution in [1.29, 1.82) is 5.26 Å². The third-order valence-electron chi connectivity index (χ3n) is 4.36. The average Bonchev–Trinajstić information content (AvgIpc) is 3.01. The zero-order valence-corrected chi connectivity index (χ0v) is 16.8. The number of carbonyl (C=O) groups excluding carboxylic acids is 1. The van der Waals surface area contributed by atoms with Crippen molar-refractivity contribution in [3.63, 3.8) is 0 Å². The Morgan fingerprint density at radius 2 is 2.04 bits per heavy atom. The zero-order valence-electron chi connectivity index (χ0n) is 16.0. The Kier molecular flexibility index (Phi) is 5.87. The number of hydrogen-bond donors (Lipinski definition) is 1. The molecule has 0 saturated carbocycles. The number of fused-ring (bicyclic) bond motifs is 1. The number of rotatable bonds is 6. The van der Waals surface area contributed by atoms with Gasteiger partial charge in [-0.1, -0.05) is 0 Å². The lowest BCUT2D eigenvalue weighted by molar-refractivity contribution is 0.102. The van der Waals surface area contributed by atoms with Gasteiger partial charge in [-0.25, -0.2) is 4.98 Å². The summed E-state index contributed by atoms with van der Waals surface area (Å²) in [6.07, 6.45) is 2.37. The molecule has 0 fully saturated rings. The van der Waals surface area contributed by atoms with Crippen LogP contribution in [0.25, 0.3) is 10.2 Å². The van der Waals surface area contributed by atoms with Gasteiger partial charge in [0, 0.05) is 17.1 Å². The van der Waals surface area contributed by atoms with Gasteiger partial charge >= 0.3 is 0 Å². The molecule has 7 nitrogen and oxygen atoms in total. The van der Waals surface area contributed by atoms with E-state index >= 15 is 0 Å². The number of carbonyl (C=O) groups is 1. The molecular formula is C20H21N5O2S. The van der Waals surface area contributed by atoms with Crippen molar-refractivity contribution in [3.8, 4) is 6.07 Å². The fourth-order valence-electron chi connectivity index (χ4n) is 2.95. The lowest BCUT2D eigenvalue weighted by Gasteiger charge is -2.10. The molecule has 0 saturated heterocycles. The van der Waals surface area contributed by atoms with Gasteiger partial charge in [0.2, 0.25) is 0 Å². The molecule has 3 rings (SSSR count). The van der Waals surface area contributed by atoms with Gasteiger partial charge in [0.25, 0.3) is 11.5 Å². The maximum atomic E-state index is 13.0. The number of anilines is 1. The van der Waals surface area contributed by atoms with E-state index in [0.29, 0.717) is 33.6 Å². The summed E-state index contributed by atoms with van der Waals surface area (Å²) in [7, 11) is 3.97. The number of hydrogen-bond acceptors (Lipinski definition) is 6. The molecule has 0 spiro atoms. The third-order valence-corrected chi connectivity index (χ3v) is 5.37. The lowest BCUT2D eigenvalue weighted by atomic mass is 10.1. The van der Waals surface area contributed by atoms with Crippen LogP contribution in [-0.2, 0) is 6.54 Å². The summed E-state index contributed by atoms with van der Waals surface area (Å²) in [6.45, 7) is 3.22. The monoisotopic (exact) mass is 395 g/mol. The molecular weight excluding hydrogens is 374 g/mol. The summed E-state index contributed by atoms with van der Waals surface area (Å²) < 4.78 is 1.57. The van der Waals surface area contributed by atoms with Crippen LogP contribution in [0.15, 0.2) is 35.4 Å². The number of aryl methyl sites for hydroxylation is 2. The van der Waals surface area contributed by atoms with Gasteiger partial charge in [-0.05, 0) is 58.3 Å². The van der Waals surface area contributed by atoms with Crippen molar-refractivity contribution >= 4 is 33.1 Å². The molecule has 0 aliphatic rings. The van der Waals surface area contributed by atoms with E-state index in [9.17, 15) is 9.59 Å². The van der Waals surface area contributed by atoms with Crippen LogP contribution in [0.2, 0.25) is 0 Å². The fraction of sp³-hybridized carbons (Fsp3) is 0.300. The molecule has 28 heavy (non-hydrogen) atoms. The van der Waals surface area contributed by atoms with Gasteiger partial charge in [-0.15, -0.1) is 11.3 Å². The first-order valence-corrected chi connectivity index (χ1v) is 9.67. The summed E-state index contributed by atoms with van der Waals surface area (Å²) in [5.41, 5.74) is 1.25. The number of amides is 1. The highest BCUT2D eigenvalue weighted by Crippen LogP contribution is 2.27. The summed E-state index contributed by atoms with van der Waals surface area (Å²) in [4.78, 5) is 33.6. The van der Waals surface area contributed by atoms with E-state index in [1.165, 1.54) is 11.3 Å². The average molecular weight is 395 g/mol. The first kappa shape index (κ1) is 19.7. The summed E-state index contributed by atoms with van der Waals surface area (Å²) >= 11 is 1.34. The van der Waals surface area contributed by atoms with Crippen LogP contribution in [-0.4, -0.2) is 41.0 Å². The van der Waals surface area contributed by atoms with Crippen molar-refractivity contribution < 1.29 is 4.79 Å². The molecule has 144 valence electrons. The van der Waals surface area contributed by atoms with Gasteiger partial charge in [-0.3, -0.25) is 14.2 Å². The Bertz CT molecular complexity index is 1110. The summed E-state index contributed by atoms with van der Waals surface area (Å²) in [6, 6.07) is 8.63. The van der Waals surface area contributed by atoms with Crippen LogP contribution < -0.4 is 10.9 Å². The smallest absolute Gasteiger partial charge is 0.262 e. The topological polar surface area (TPSA) is 91.0 Å². The van der Waals surface area contributed by atoms with Gasteiger partial charge in [0.05, 0.1) is 28.9 Å². The van der Waals surface area contributed by atoms with Crippen LogP contribution in [0.1, 0.15) is 27.2 Å². The van der Waals surface area contributed by atoms with E-state index in [1.54, 1.807) is 35.2 Å². The first-order valence-electron chi connectivity index (χ1n) is 8.85. The normalized spacial score (nSPS) is 11.0. The largest absolute Gasteiger partial charge is 0.322 e. The van der Waals surface area contributed by atoms with E-state index in [2.05, 4.69) is 15.2 Å². The van der Waals surface area contributed by atoms with Gasteiger partial charge in [0.15, 0.2) is 0 Å². The molecule has 0 aliphatic heterocycles. The predicted octanol–water partition coefficient (Wildman–Crippen LogP) is 2.84. The number of nitrogens with zero attached hydrogens (tertiary/aromatic N) is 4. The standard InChI is InChI=1S/C20H21N5O2S/c1-13-16(18(26)23-15-7-5-14(11-21)6-8-15)17-19(28-13)22-12-25(20(17)27)10-4-9-24(2)3/h5-8,12H,4,9-10H2,1-3H3,(H,23,26). The van der Waals surface area contributed by atoms with Crippen LogP contribution in [0, 0.1) is 18.3 Å². The van der Waals surface area contributed by atoms with E-state index < -0.39 is 0 Å². The molecule has 3 aromatic rings. The maximum absolute atomic E-state index is 13.0. The SMILES string of the molecule is Cc1sc2ncn(CCCN(C)C)c(=O)c2c1C(=O)Nc1ccc(C#N)cc1. The molecule has 1 N–H and O–H groups in total. The Morgan fingerprint density at radius 1 is 1.32 bits per heavy atom. The third kappa shape index (κ3) is 4.11. The van der Waals surface area contributed by atoms with Crippen molar-refractivity contribution in [2.45, 2.75) is 19.9 Å². The quantitative estimate of drug-likeness (QED) is 0.693. The molecule has 1 aromatic carbocycles. The van der Waals surface area contributed by atoms with E-state index in [-0.39, 0.29) is 11.5 Å². The minimum absolute atomic E-state index is 0.196. The lowest BCUT2D eigenvalue weighted by Crippen LogP contribution is -2.24. The van der Waals surface area contributed by atoms with Crippen LogP contribution in [0.3, 0.4) is 0 Å². The molecule has 2 aromatic heterocycles. The zero-order chi connectivity index (χ0) is 20.3. The molecule has 1 amide bonds. The molecule has 0 radical (unpaired) electrons. The molecule has 8 heteroatoms.